The van der Waals surface area contributed by atoms with E-state index >= 15 is 0 Å². The second kappa shape index (κ2) is 7.73. The van der Waals surface area contributed by atoms with Gasteiger partial charge in [0.15, 0.2) is 0 Å². The van der Waals surface area contributed by atoms with Gasteiger partial charge in [-0.25, -0.2) is 4.39 Å². The Kier molecular flexibility index (Phi) is 5.95. The van der Waals surface area contributed by atoms with Gasteiger partial charge in [0.25, 0.3) is 0 Å². The number of benzene rings is 1. The van der Waals surface area contributed by atoms with Gasteiger partial charge in [-0.1, -0.05) is 26.0 Å². The van der Waals surface area contributed by atoms with E-state index in [1.165, 1.54) is 12.1 Å². The number of amides is 1. The number of halogens is 1. The largest absolute Gasteiger partial charge is 0.353 e. The molecule has 1 amide bonds. The zero-order valence-electron chi connectivity index (χ0n) is 13.8. The fourth-order valence-electron chi connectivity index (χ4n) is 2.71. The van der Waals surface area contributed by atoms with Gasteiger partial charge in [0, 0.05) is 18.5 Å². The summed E-state index contributed by atoms with van der Waals surface area (Å²) >= 11 is 0. The van der Waals surface area contributed by atoms with Crippen LogP contribution in [0.2, 0.25) is 0 Å². The second-order valence-corrected chi connectivity index (χ2v) is 6.72. The van der Waals surface area contributed by atoms with E-state index in [2.05, 4.69) is 31.0 Å². The maximum atomic E-state index is 12.9. The number of nitrogens with zero attached hydrogens (tertiary/aromatic N) is 1. The van der Waals surface area contributed by atoms with Crippen molar-refractivity contribution in [3.8, 4) is 0 Å². The molecular weight excluding hydrogens is 279 g/mol. The number of carbonyl (C=O) groups excluding carboxylic acids is 1. The van der Waals surface area contributed by atoms with Crippen LogP contribution in [-0.4, -0.2) is 29.9 Å². The molecule has 22 heavy (non-hydrogen) atoms. The summed E-state index contributed by atoms with van der Waals surface area (Å²) in [5.74, 6) is 0.592. The van der Waals surface area contributed by atoms with Crippen molar-refractivity contribution in [2.24, 2.45) is 11.8 Å². The van der Waals surface area contributed by atoms with Crippen LogP contribution in [0.3, 0.4) is 0 Å². The molecule has 0 unspecified atom stereocenters. The molecule has 2 rings (SSSR count). The number of hydrogen-bond donors (Lipinski definition) is 1. The molecule has 1 N–H and O–H groups in total. The zero-order chi connectivity index (χ0) is 16.1. The van der Waals surface area contributed by atoms with Crippen molar-refractivity contribution in [2.75, 3.05) is 13.1 Å². The lowest BCUT2D eigenvalue weighted by atomic mass is 9.94. The molecule has 0 bridgehead atoms. The first-order valence-corrected chi connectivity index (χ1v) is 8.23. The van der Waals surface area contributed by atoms with Crippen LogP contribution in [0.1, 0.15) is 39.2 Å². The molecule has 1 aromatic carbocycles. The highest BCUT2D eigenvalue weighted by Gasteiger charge is 2.26. The summed E-state index contributed by atoms with van der Waals surface area (Å²) in [5.41, 5.74) is 1.12. The van der Waals surface area contributed by atoms with E-state index in [0.717, 1.165) is 38.0 Å². The van der Waals surface area contributed by atoms with Crippen molar-refractivity contribution in [3.05, 3.63) is 35.6 Å². The van der Waals surface area contributed by atoms with Crippen molar-refractivity contribution in [1.29, 1.82) is 0 Å². The van der Waals surface area contributed by atoms with Crippen LogP contribution in [0.15, 0.2) is 24.3 Å². The molecule has 1 saturated heterocycles. The average Bonchev–Trinajstić information content (AvgIpc) is 2.50. The number of likely N-dealkylation sites (tertiary alicyclic amines) is 1. The lowest BCUT2D eigenvalue weighted by Crippen LogP contribution is -2.44. The van der Waals surface area contributed by atoms with Gasteiger partial charge >= 0.3 is 0 Å². The molecule has 1 heterocycles. The summed E-state index contributed by atoms with van der Waals surface area (Å²) in [5, 5.41) is 3.12. The van der Waals surface area contributed by atoms with E-state index in [0.29, 0.717) is 5.92 Å². The predicted octanol–water partition coefficient (Wildman–Crippen LogP) is 3.20. The van der Waals surface area contributed by atoms with E-state index in [1.807, 2.05) is 12.1 Å². The predicted molar refractivity (Wildman–Crippen MR) is 86.8 cm³/mol. The molecule has 3 nitrogen and oxygen atoms in total. The molecule has 4 heteroatoms. The van der Waals surface area contributed by atoms with Crippen LogP contribution in [-0.2, 0) is 11.3 Å². The third-order valence-electron chi connectivity index (χ3n) is 4.65. The summed E-state index contributed by atoms with van der Waals surface area (Å²) in [6.07, 6.45) is 1.80. The van der Waals surface area contributed by atoms with E-state index in [1.54, 1.807) is 0 Å². The van der Waals surface area contributed by atoms with E-state index in [-0.39, 0.29) is 23.7 Å². The Labute approximate surface area is 132 Å². The first kappa shape index (κ1) is 16.9. The van der Waals surface area contributed by atoms with Crippen molar-refractivity contribution < 1.29 is 9.18 Å². The number of rotatable bonds is 5. The summed E-state index contributed by atoms with van der Waals surface area (Å²) in [6, 6.07) is 6.90. The van der Waals surface area contributed by atoms with Gasteiger partial charge in [-0.15, -0.1) is 0 Å². The Morgan fingerprint density at radius 1 is 1.23 bits per heavy atom. The molecule has 1 aliphatic rings. The molecule has 0 aliphatic carbocycles. The second-order valence-electron chi connectivity index (χ2n) is 6.72. The van der Waals surface area contributed by atoms with Crippen molar-refractivity contribution >= 4 is 5.91 Å². The molecule has 1 aliphatic heterocycles. The minimum absolute atomic E-state index is 0.130. The summed E-state index contributed by atoms with van der Waals surface area (Å²) in [6.45, 7) is 8.98. The third kappa shape index (κ3) is 4.80. The minimum Gasteiger partial charge on any atom is -0.353 e. The Bertz CT molecular complexity index is 478. The van der Waals surface area contributed by atoms with Crippen LogP contribution < -0.4 is 5.32 Å². The monoisotopic (exact) mass is 306 g/mol. The fraction of sp³-hybridized carbons (Fsp3) is 0.611. The van der Waals surface area contributed by atoms with Gasteiger partial charge in [-0.2, -0.15) is 0 Å². The molecule has 0 saturated carbocycles. The van der Waals surface area contributed by atoms with Crippen LogP contribution in [0.5, 0.6) is 0 Å². The maximum Gasteiger partial charge on any atom is 0.223 e. The molecule has 0 radical (unpaired) electrons. The highest BCUT2D eigenvalue weighted by atomic mass is 19.1. The van der Waals surface area contributed by atoms with Gasteiger partial charge < -0.3 is 5.32 Å². The molecule has 1 aromatic rings. The first-order chi connectivity index (χ1) is 10.5. The lowest BCUT2D eigenvalue weighted by molar-refractivity contribution is -0.127. The maximum absolute atomic E-state index is 12.9. The molecule has 1 atom stereocenters. The van der Waals surface area contributed by atoms with Gasteiger partial charge in [0.05, 0.1) is 0 Å². The Morgan fingerprint density at radius 2 is 1.82 bits per heavy atom. The molecule has 0 aromatic heterocycles. The highest BCUT2D eigenvalue weighted by molar-refractivity contribution is 5.79. The average molecular weight is 306 g/mol. The fourth-order valence-corrected chi connectivity index (χ4v) is 2.71. The summed E-state index contributed by atoms with van der Waals surface area (Å²) < 4.78 is 12.9. The van der Waals surface area contributed by atoms with Crippen LogP contribution in [0.25, 0.3) is 0 Å². The normalized spacial score (nSPS) is 18.4. The Hall–Kier alpha value is -1.42. The third-order valence-corrected chi connectivity index (χ3v) is 4.65. The SMILES string of the molecule is CC(C)[C@@H](C)NC(=O)C1CCN(Cc2ccc(F)cc2)CC1. The van der Waals surface area contributed by atoms with Crippen LogP contribution in [0, 0.1) is 17.7 Å². The summed E-state index contributed by atoms with van der Waals surface area (Å²) in [7, 11) is 0. The number of nitrogens with one attached hydrogen (secondary N) is 1. The Morgan fingerprint density at radius 3 is 2.36 bits per heavy atom. The van der Waals surface area contributed by atoms with Crippen molar-refractivity contribution in [1.82, 2.24) is 10.2 Å². The van der Waals surface area contributed by atoms with Crippen molar-refractivity contribution in [3.63, 3.8) is 0 Å². The first-order valence-electron chi connectivity index (χ1n) is 8.23. The van der Waals surface area contributed by atoms with Gasteiger partial charge in [-0.05, 0) is 56.5 Å². The standard InChI is InChI=1S/C18H27FN2O/c1-13(2)14(3)20-18(22)16-8-10-21(11-9-16)12-15-4-6-17(19)7-5-15/h4-7,13-14,16H,8-12H2,1-3H3,(H,20,22)/t14-/m1/s1. The van der Waals surface area contributed by atoms with E-state index in [9.17, 15) is 9.18 Å². The molecular formula is C18H27FN2O. The Balaban J connectivity index is 1.77. The van der Waals surface area contributed by atoms with E-state index in [4.69, 9.17) is 0 Å². The van der Waals surface area contributed by atoms with Gasteiger partial charge in [-0.3, -0.25) is 9.69 Å². The highest BCUT2D eigenvalue weighted by Crippen LogP contribution is 2.20. The zero-order valence-corrected chi connectivity index (χ0v) is 13.8. The lowest BCUT2D eigenvalue weighted by Gasteiger charge is -2.32. The van der Waals surface area contributed by atoms with Crippen LogP contribution >= 0.6 is 0 Å². The quantitative estimate of drug-likeness (QED) is 0.906. The van der Waals surface area contributed by atoms with Crippen molar-refractivity contribution in [2.45, 2.75) is 46.2 Å². The van der Waals surface area contributed by atoms with Gasteiger partial charge in [0.2, 0.25) is 5.91 Å². The summed E-state index contributed by atoms with van der Waals surface area (Å²) in [4.78, 5) is 14.6. The molecule has 1 fully saturated rings. The molecule has 122 valence electrons. The molecule has 0 spiro atoms. The van der Waals surface area contributed by atoms with Gasteiger partial charge in [0.1, 0.15) is 5.82 Å². The van der Waals surface area contributed by atoms with Crippen LogP contribution in [0.4, 0.5) is 4.39 Å². The smallest absolute Gasteiger partial charge is 0.223 e. The van der Waals surface area contributed by atoms with E-state index < -0.39 is 0 Å². The number of hydrogen-bond acceptors (Lipinski definition) is 2. The number of piperidine rings is 1. The topological polar surface area (TPSA) is 32.3 Å². The number of carbonyl (C=O) groups is 1. The minimum atomic E-state index is -0.196.